The molecule has 0 spiro atoms. The molecule has 0 bridgehead atoms. The summed E-state index contributed by atoms with van der Waals surface area (Å²) in [7, 11) is 0. The van der Waals surface area contributed by atoms with Crippen LogP contribution in [0.2, 0.25) is 0 Å². The van der Waals surface area contributed by atoms with Gasteiger partial charge in [0, 0.05) is 11.7 Å². The van der Waals surface area contributed by atoms with E-state index < -0.39 is 0 Å². The van der Waals surface area contributed by atoms with Crippen LogP contribution in [0.25, 0.3) is 0 Å². The predicted molar refractivity (Wildman–Crippen MR) is 93.4 cm³/mol. The fraction of sp³-hybridized carbons (Fsp3) is 0.579. The van der Waals surface area contributed by atoms with E-state index >= 15 is 0 Å². The van der Waals surface area contributed by atoms with Crippen LogP contribution in [0.4, 0.5) is 5.69 Å². The minimum atomic E-state index is -0.246. The third-order valence-electron chi connectivity index (χ3n) is 4.40. The first-order valence-electron chi connectivity index (χ1n) is 8.74. The number of carbonyl (C=O) groups excluding carboxylic acids is 2. The Morgan fingerprint density at radius 3 is 2.35 bits per heavy atom. The molecular formula is C19H28N2O2. The van der Waals surface area contributed by atoms with Crippen LogP contribution in [-0.2, 0) is 9.59 Å². The van der Waals surface area contributed by atoms with E-state index in [1.807, 2.05) is 24.3 Å². The van der Waals surface area contributed by atoms with E-state index in [1.54, 1.807) is 0 Å². The average Bonchev–Trinajstić information content (AvgIpc) is 2.75. The molecule has 1 aliphatic carbocycles. The summed E-state index contributed by atoms with van der Waals surface area (Å²) in [5.74, 6) is -0.0908. The Balaban J connectivity index is 1.85. The molecule has 1 saturated carbocycles. The summed E-state index contributed by atoms with van der Waals surface area (Å²) in [5.41, 5.74) is 1.89. The Hall–Kier alpha value is -1.84. The monoisotopic (exact) mass is 316 g/mol. The maximum absolute atomic E-state index is 12.1. The maximum Gasteiger partial charge on any atom is 0.233 e. The third kappa shape index (κ3) is 5.70. The second kappa shape index (κ2) is 8.70. The Morgan fingerprint density at radius 2 is 1.70 bits per heavy atom. The van der Waals surface area contributed by atoms with Crippen LogP contribution >= 0.6 is 0 Å². The lowest BCUT2D eigenvalue weighted by Crippen LogP contribution is -2.36. The minimum Gasteiger partial charge on any atom is -0.353 e. The lowest BCUT2D eigenvalue weighted by molar-refractivity contribution is -0.127. The highest BCUT2D eigenvalue weighted by Gasteiger charge is 2.17. The molecule has 1 aliphatic rings. The molecule has 0 aromatic heterocycles. The Kier molecular flexibility index (Phi) is 6.63. The van der Waals surface area contributed by atoms with Gasteiger partial charge in [0.15, 0.2) is 0 Å². The molecule has 4 heteroatoms. The number of carbonyl (C=O) groups is 2. The topological polar surface area (TPSA) is 58.2 Å². The summed E-state index contributed by atoms with van der Waals surface area (Å²) < 4.78 is 0. The van der Waals surface area contributed by atoms with Gasteiger partial charge in [0.1, 0.15) is 6.42 Å². The van der Waals surface area contributed by atoms with Crippen molar-refractivity contribution < 1.29 is 9.59 Å². The van der Waals surface area contributed by atoms with Crippen LogP contribution in [0.15, 0.2) is 24.3 Å². The SMILES string of the molecule is CC(C)c1ccccc1NC(=O)CC(=O)NC1CCCCCC1. The third-order valence-corrected chi connectivity index (χ3v) is 4.40. The Labute approximate surface area is 139 Å². The molecule has 23 heavy (non-hydrogen) atoms. The molecular weight excluding hydrogens is 288 g/mol. The van der Waals surface area contributed by atoms with Gasteiger partial charge in [-0.25, -0.2) is 0 Å². The van der Waals surface area contributed by atoms with Crippen LogP contribution in [0.3, 0.4) is 0 Å². The van der Waals surface area contributed by atoms with Gasteiger partial charge in [-0.3, -0.25) is 9.59 Å². The first kappa shape index (κ1) is 17.5. The Bertz CT molecular complexity index is 532. The molecule has 0 radical (unpaired) electrons. The molecule has 1 aromatic carbocycles. The van der Waals surface area contributed by atoms with Crippen LogP contribution in [0.1, 0.15) is 70.3 Å². The van der Waals surface area contributed by atoms with Crippen molar-refractivity contribution in [1.29, 1.82) is 0 Å². The number of para-hydroxylation sites is 1. The van der Waals surface area contributed by atoms with Gasteiger partial charge in [0.2, 0.25) is 11.8 Å². The number of amides is 2. The van der Waals surface area contributed by atoms with Crippen molar-refractivity contribution >= 4 is 17.5 Å². The number of hydrogen-bond donors (Lipinski definition) is 2. The van der Waals surface area contributed by atoms with E-state index in [2.05, 4.69) is 24.5 Å². The zero-order chi connectivity index (χ0) is 16.7. The molecule has 1 aromatic rings. The summed E-state index contributed by atoms with van der Waals surface area (Å²) in [5, 5.41) is 5.89. The van der Waals surface area contributed by atoms with Crippen molar-refractivity contribution in [3.05, 3.63) is 29.8 Å². The summed E-state index contributed by atoms with van der Waals surface area (Å²) in [6, 6.07) is 7.99. The van der Waals surface area contributed by atoms with Crippen LogP contribution in [-0.4, -0.2) is 17.9 Å². The second-order valence-corrected chi connectivity index (χ2v) is 6.72. The normalized spacial score (nSPS) is 16.0. The molecule has 2 amide bonds. The standard InChI is InChI=1S/C19H28N2O2/c1-14(2)16-11-7-8-12-17(16)21-19(23)13-18(22)20-15-9-5-3-4-6-10-15/h7-8,11-12,14-15H,3-6,9-10,13H2,1-2H3,(H,20,22)(H,21,23). The lowest BCUT2D eigenvalue weighted by atomic mass is 10.0. The van der Waals surface area contributed by atoms with E-state index in [0.717, 1.165) is 24.1 Å². The summed E-state index contributed by atoms with van der Waals surface area (Å²) in [6.45, 7) is 4.17. The number of rotatable bonds is 5. The van der Waals surface area contributed by atoms with Crippen molar-refractivity contribution in [2.75, 3.05) is 5.32 Å². The lowest BCUT2D eigenvalue weighted by Gasteiger charge is -2.17. The van der Waals surface area contributed by atoms with E-state index in [9.17, 15) is 9.59 Å². The maximum atomic E-state index is 12.1. The van der Waals surface area contributed by atoms with Gasteiger partial charge in [0.05, 0.1) is 0 Å². The zero-order valence-electron chi connectivity index (χ0n) is 14.2. The average molecular weight is 316 g/mol. The highest BCUT2D eigenvalue weighted by molar-refractivity contribution is 6.03. The molecule has 0 saturated heterocycles. The van der Waals surface area contributed by atoms with Crippen molar-refractivity contribution in [3.8, 4) is 0 Å². The first-order chi connectivity index (χ1) is 11.1. The van der Waals surface area contributed by atoms with Gasteiger partial charge in [-0.2, -0.15) is 0 Å². The fourth-order valence-electron chi connectivity index (χ4n) is 3.16. The molecule has 0 heterocycles. The number of benzene rings is 1. The molecule has 4 nitrogen and oxygen atoms in total. The fourth-order valence-corrected chi connectivity index (χ4v) is 3.16. The summed E-state index contributed by atoms with van der Waals surface area (Å²) >= 11 is 0. The van der Waals surface area contributed by atoms with Gasteiger partial charge in [-0.05, 0) is 30.4 Å². The summed E-state index contributed by atoms with van der Waals surface area (Å²) in [4.78, 5) is 24.2. The van der Waals surface area contributed by atoms with Crippen LogP contribution < -0.4 is 10.6 Å². The quantitative estimate of drug-likeness (QED) is 0.637. The van der Waals surface area contributed by atoms with Gasteiger partial charge in [-0.15, -0.1) is 0 Å². The summed E-state index contributed by atoms with van der Waals surface area (Å²) in [6.07, 6.45) is 6.78. The van der Waals surface area contributed by atoms with E-state index in [-0.39, 0.29) is 24.3 Å². The molecule has 0 atom stereocenters. The minimum absolute atomic E-state index is 0.108. The molecule has 2 rings (SSSR count). The van der Waals surface area contributed by atoms with Crippen LogP contribution in [0, 0.1) is 0 Å². The molecule has 0 aliphatic heterocycles. The predicted octanol–water partition coefficient (Wildman–Crippen LogP) is 3.98. The molecule has 0 unspecified atom stereocenters. The van der Waals surface area contributed by atoms with E-state index in [4.69, 9.17) is 0 Å². The van der Waals surface area contributed by atoms with Crippen LogP contribution in [0.5, 0.6) is 0 Å². The second-order valence-electron chi connectivity index (χ2n) is 6.72. The van der Waals surface area contributed by atoms with Gasteiger partial charge in [0.25, 0.3) is 0 Å². The molecule has 126 valence electrons. The van der Waals surface area contributed by atoms with Crippen molar-refractivity contribution in [2.24, 2.45) is 0 Å². The zero-order valence-corrected chi connectivity index (χ0v) is 14.2. The smallest absolute Gasteiger partial charge is 0.233 e. The van der Waals surface area contributed by atoms with Gasteiger partial charge in [-0.1, -0.05) is 57.7 Å². The first-order valence-corrected chi connectivity index (χ1v) is 8.74. The largest absolute Gasteiger partial charge is 0.353 e. The number of hydrogen-bond acceptors (Lipinski definition) is 2. The Morgan fingerprint density at radius 1 is 1.04 bits per heavy atom. The van der Waals surface area contributed by atoms with Gasteiger partial charge < -0.3 is 10.6 Å². The number of anilines is 1. The molecule has 1 fully saturated rings. The molecule has 2 N–H and O–H groups in total. The van der Waals surface area contributed by atoms with Crippen molar-refractivity contribution in [3.63, 3.8) is 0 Å². The van der Waals surface area contributed by atoms with Gasteiger partial charge >= 0.3 is 0 Å². The van der Waals surface area contributed by atoms with E-state index in [0.29, 0.717) is 5.92 Å². The highest BCUT2D eigenvalue weighted by Crippen LogP contribution is 2.23. The van der Waals surface area contributed by atoms with Crippen molar-refractivity contribution in [2.45, 2.75) is 70.8 Å². The number of nitrogens with one attached hydrogen (secondary N) is 2. The highest BCUT2D eigenvalue weighted by atomic mass is 16.2. The van der Waals surface area contributed by atoms with E-state index in [1.165, 1.54) is 25.7 Å². The van der Waals surface area contributed by atoms with Crippen molar-refractivity contribution in [1.82, 2.24) is 5.32 Å².